The molecule has 0 spiro atoms. The summed E-state index contributed by atoms with van der Waals surface area (Å²) < 4.78 is 38.5. The Hall–Kier alpha value is -2.71. The van der Waals surface area contributed by atoms with Crippen molar-refractivity contribution in [1.29, 1.82) is 0 Å². The van der Waals surface area contributed by atoms with E-state index >= 15 is 0 Å². The first-order chi connectivity index (χ1) is 14.0. The van der Waals surface area contributed by atoms with Gasteiger partial charge in [-0.15, -0.1) is 11.8 Å². The van der Waals surface area contributed by atoms with Crippen LogP contribution in [-0.2, 0) is 16.4 Å². The monoisotopic (exact) mass is 430 g/mol. The Bertz CT molecular complexity index is 1090. The molecule has 0 bridgehead atoms. The summed E-state index contributed by atoms with van der Waals surface area (Å²) in [7, 11) is -3.41. The van der Waals surface area contributed by atoms with E-state index in [0.29, 0.717) is 16.2 Å². The van der Waals surface area contributed by atoms with Gasteiger partial charge in [-0.05, 0) is 30.3 Å². The molecule has 3 rings (SSSR count). The van der Waals surface area contributed by atoms with E-state index in [1.807, 2.05) is 0 Å². The number of halogens is 1. The van der Waals surface area contributed by atoms with Crippen LogP contribution in [-0.4, -0.2) is 30.8 Å². The Morgan fingerprint density at radius 2 is 1.72 bits per heavy atom. The lowest BCUT2D eigenvalue weighted by molar-refractivity contribution is 0.0947. The maximum Gasteiger partial charge on any atom is 0.254 e. The lowest BCUT2D eigenvalue weighted by Gasteiger charge is -2.10. The molecule has 0 atom stereocenters. The number of hydrogen-bond acceptors (Lipinski definition) is 5. The molecule has 2 aromatic carbocycles. The van der Waals surface area contributed by atoms with Gasteiger partial charge in [-0.25, -0.2) is 17.8 Å². The third kappa shape index (κ3) is 5.65. The number of benzene rings is 2. The number of rotatable bonds is 8. The zero-order valence-electron chi connectivity index (χ0n) is 15.4. The number of nitrogens with one attached hydrogen (secondary N) is 1. The van der Waals surface area contributed by atoms with Crippen LogP contribution in [0.1, 0.15) is 15.9 Å². The SMILES string of the molecule is O=C(NCc1ccccc1F)c1cccnc1SCCS(=O)(=O)c1ccccc1. The van der Waals surface area contributed by atoms with E-state index in [-0.39, 0.29) is 28.8 Å². The number of sulfone groups is 1. The van der Waals surface area contributed by atoms with Crippen LogP contribution in [0.4, 0.5) is 4.39 Å². The largest absolute Gasteiger partial charge is 0.348 e. The van der Waals surface area contributed by atoms with Gasteiger partial charge in [0, 0.05) is 24.1 Å². The first-order valence-corrected chi connectivity index (χ1v) is 11.5. The van der Waals surface area contributed by atoms with E-state index in [0.717, 1.165) is 0 Å². The van der Waals surface area contributed by atoms with Gasteiger partial charge < -0.3 is 5.32 Å². The topological polar surface area (TPSA) is 76.1 Å². The molecule has 5 nitrogen and oxygen atoms in total. The van der Waals surface area contributed by atoms with Crippen molar-refractivity contribution < 1.29 is 17.6 Å². The average molecular weight is 431 g/mol. The highest BCUT2D eigenvalue weighted by atomic mass is 32.2. The van der Waals surface area contributed by atoms with Crippen LogP contribution in [0.2, 0.25) is 0 Å². The number of pyridine rings is 1. The van der Waals surface area contributed by atoms with Crippen LogP contribution in [0.5, 0.6) is 0 Å². The molecule has 0 aliphatic heterocycles. The third-order valence-corrected chi connectivity index (χ3v) is 7.10. The Kier molecular flexibility index (Phi) is 7.00. The molecular weight excluding hydrogens is 411 g/mol. The maximum absolute atomic E-state index is 13.7. The van der Waals surface area contributed by atoms with Crippen molar-refractivity contribution >= 4 is 27.5 Å². The molecule has 0 saturated heterocycles. The molecule has 1 heterocycles. The third-order valence-electron chi connectivity index (χ3n) is 4.11. The summed E-state index contributed by atoms with van der Waals surface area (Å²) in [6.07, 6.45) is 1.54. The smallest absolute Gasteiger partial charge is 0.254 e. The molecule has 150 valence electrons. The van der Waals surface area contributed by atoms with Crippen molar-refractivity contribution in [2.24, 2.45) is 0 Å². The van der Waals surface area contributed by atoms with Crippen LogP contribution in [0.3, 0.4) is 0 Å². The summed E-state index contributed by atoms with van der Waals surface area (Å²) >= 11 is 1.20. The van der Waals surface area contributed by atoms with E-state index in [4.69, 9.17) is 0 Å². The van der Waals surface area contributed by atoms with E-state index in [1.165, 1.54) is 17.8 Å². The molecule has 0 fully saturated rings. The zero-order valence-corrected chi connectivity index (χ0v) is 17.0. The molecule has 3 aromatic rings. The molecule has 8 heteroatoms. The van der Waals surface area contributed by atoms with Crippen molar-refractivity contribution in [3.63, 3.8) is 0 Å². The number of hydrogen-bond donors (Lipinski definition) is 1. The fraction of sp³-hybridized carbons (Fsp3) is 0.143. The van der Waals surface area contributed by atoms with Gasteiger partial charge in [-0.3, -0.25) is 4.79 Å². The Labute approximate surface area is 173 Å². The summed E-state index contributed by atoms with van der Waals surface area (Å²) in [6.45, 7) is 0.0485. The highest BCUT2D eigenvalue weighted by molar-refractivity contribution is 8.00. The molecule has 0 aliphatic rings. The lowest BCUT2D eigenvalue weighted by Crippen LogP contribution is -2.24. The van der Waals surface area contributed by atoms with Gasteiger partial charge >= 0.3 is 0 Å². The minimum atomic E-state index is -3.41. The highest BCUT2D eigenvalue weighted by Gasteiger charge is 2.17. The normalized spacial score (nSPS) is 11.2. The van der Waals surface area contributed by atoms with E-state index in [2.05, 4.69) is 10.3 Å². The Morgan fingerprint density at radius 1 is 1.00 bits per heavy atom. The zero-order chi connectivity index (χ0) is 20.7. The van der Waals surface area contributed by atoms with Crippen LogP contribution in [0.15, 0.2) is 82.8 Å². The van der Waals surface area contributed by atoms with E-state index in [1.54, 1.807) is 66.9 Å². The molecular formula is C21H19FN2O3S2. The second-order valence-electron chi connectivity index (χ2n) is 6.11. The van der Waals surface area contributed by atoms with Gasteiger partial charge in [0.2, 0.25) is 0 Å². The van der Waals surface area contributed by atoms with Crippen LogP contribution < -0.4 is 5.32 Å². The summed E-state index contributed by atoms with van der Waals surface area (Å²) in [5.41, 5.74) is 0.707. The maximum atomic E-state index is 13.7. The molecule has 0 radical (unpaired) electrons. The first kappa shape index (κ1) is 21.0. The van der Waals surface area contributed by atoms with Gasteiger partial charge in [0.25, 0.3) is 5.91 Å². The second kappa shape index (κ2) is 9.67. The quantitative estimate of drug-likeness (QED) is 0.551. The van der Waals surface area contributed by atoms with Gasteiger partial charge in [-0.1, -0.05) is 36.4 Å². The fourth-order valence-corrected chi connectivity index (χ4v) is 5.25. The summed E-state index contributed by atoms with van der Waals surface area (Å²) in [4.78, 5) is 17.0. The molecule has 0 unspecified atom stereocenters. The number of carbonyl (C=O) groups excluding carboxylic acids is 1. The molecule has 0 aliphatic carbocycles. The summed E-state index contributed by atoms with van der Waals surface area (Å²) in [6, 6.07) is 17.7. The summed E-state index contributed by atoms with van der Waals surface area (Å²) in [5.74, 6) is -0.606. The molecule has 1 amide bonds. The number of thioether (sulfide) groups is 1. The first-order valence-electron chi connectivity index (χ1n) is 8.84. The molecule has 1 aromatic heterocycles. The van der Waals surface area contributed by atoms with Gasteiger partial charge in [0.1, 0.15) is 10.8 Å². The number of aromatic nitrogens is 1. The van der Waals surface area contributed by atoms with Crippen molar-refractivity contribution in [2.45, 2.75) is 16.5 Å². The van der Waals surface area contributed by atoms with Gasteiger partial charge in [0.15, 0.2) is 9.84 Å². The lowest BCUT2D eigenvalue weighted by atomic mass is 10.2. The number of carbonyl (C=O) groups is 1. The average Bonchev–Trinajstić information content (AvgIpc) is 2.74. The Morgan fingerprint density at radius 3 is 2.48 bits per heavy atom. The fourth-order valence-electron chi connectivity index (χ4n) is 2.58. The molecule has 0 saturated carbocycles. The van der Waals surface area contributed by atoms with Crippen molar-refractivity contribution in [3.05, 3.63) is 89.9 Å². The second-order valence-corrected chi connectivity index (χ2v) is 9.30. The number of nitrogens with zero attached hydrogens (tertiary/aromatic N) is 1. The Balaban J connectivity index is 1.63. The van der Waals surface area contributed by atoms with Gasteiger partial charge in [-0.2, -0.15) is 0 Å². The van der Waals surface area contributed by atoms with Crippen LogP contribution in [0.25, 0.3) is 0 Å². The predicted octanol–water partition coefficient (Wildman–Crippen LogP) is 3.72. The standard InChI is InChI=1S/C21H19FN2O3S2/c22-19-11-5-4-7-16(19)15-24-20(25)18-10-6-12-23-21(18)28-13-14-29(26,27)17-8-2-1-3-9-17/h1-12H,13-15H2,(H,24,25). The predicted molar refractivity (Wildman–Crippen MR) is 111 cm³/mol. The van der Waals surface area contributed by atoms with E-state index < -0.39 is 15.7 Å². The van der Waals surface area contributed by atoms with E-state index in [9.17, 15) is 17.6 Å². The van der Waals surface area contributed by atoms with Crippen LogP contribution >= 0.6 is 11.8 Å². The van der Waals surface area contributed by atoms with Crippen molar-refractivity contribution in [2.75, 3.05) is 11.5 Å². The van der Waals surface area contributed by atoms with Crippen molar-refractivity contribution in [1.82, 2.24) is 10.3 Å². The summed E-state index contributed by atoms with van der Waals surface area (Å²) in [5, 5.41) is 3.11. The molecule has 29 heavy (non-hydrogen) atoms. The number of amides is 1. The minimum Gasteiger partial charge on any atom is -0.348 e. The minimum absolute atomic E-state index is 0.0485. The van der Waals surface area contributed by atoms with Crippen LogP contribution in [0, 0.1) is 5.82 Å². The van der Waals surface area contributed by atoms with Gasteiger partial charge in [0.05, 0.1) is 16.2 Å². The van der Waals surface area contributed by atoms with Crippen molar-refractivity contribution in [3.8, 4) is 0 Å². The highest BCUT2D eigenvalue weighted by Crippen LogP contribution is 2.22. The molecule has 1 N–H and O–H groups in total.